The second-order valence-corrected chi connectivity index (χ2v) is 15.1. The maximum Gasteiger partial charge on any atom is 0.258 e. The third-order valence-electron chi connectivity index (χ3n) is 11.2. The summed E-state index contributed by atoms with van der Waals surface area (Å²) in [5.41, 5.74) is 3.22. The molecule has 0 spiro atoms. The SMILES string of the molecule is COc1ccc(OC)c(C=Cc2ccc(N3C(=O)[C@H]4[C@H](CC=C5[C@H]4C[C@@]4(Cl)C(=O)N(c6ccc(F)cc6)C(=O)[C@@]4(Cl)[C@H]5c4ccc(O)cc4)C3=O)cc2)c1. The largest absolute Gasteiger partial charge is 0.508 e. The molecule has 1 N–H and O–H groups in total. The molecule has 2 heterocycles. The van der Waals surface area contributed by atoms with Crippen LogP contribution in [0.25, 0.3) is 12.2 Å². The molecule has 12 heteroatoms. The summed E-state index contributed by atoms with van der Waals surface area (Å²) in [6, 6.07) is 23.4. The topological polar surface area (TPSA) is 113 Å². The predicted octanol–water partition coefficient (Wildman–Crippen LogP) is 7.49. The molecule has 54 heavy (non-hydrogen) atoms. The first-order valence-electron chi connectivity index (χ1n) is 17.3. The summed E-state index contributed by atoms with van der Waals surface area (Å²) in [6.07, 6.45) is 5.60. The number of amides is 4. The number of allylic oxidation sites excluding steroid dienone is 2. The zero-order valence-corrected chi connectivity index (χ0v) is 30.6. The van der Waals surface area contributed by atoms with Crippen LogP contribution in [0.4, 0.5) is 15.8 Å². The van der Waals surface area contributed by atoms with Crippen LogP contribution in [0.1, 0.15) is 35.4 Å². The van der Waals surface area contributed by atoms with E-state index in [-0.39, 0.29) is 30.2 Å². The van der Waals surface area contributed by atoms with Crippen molar-refractivity contribution in [3.05, 3.63) is 125 Å². The Morgan fingerprint density at radius 1 is 0.778 bits per heavy atom. The summed E-state index contributed by atoms with van der Waals surface area (Å²) >= 11 is 14.8. The number of nitrogens with zero attached hydrogens (tertiary/aromatic N) is 2. The third-order valence-corrected chi connectivity index (χ3v) is 12.6. The van der Waals surface area contributed by atoms with Crippen LogP contribution in [0, 0.1) is 23.6 Å². The van der Waals surface area contributed by atoms with E-state index >= 15 is 0 Å². The fourth-order valence-electron chi connectivity index (χ4n) is 8.58. The molecule has 3 fully saturated rings. The van der Waals surface area contributed by atoms with E-state index in [9.17, 15) is 28.7 Å². The molecule has 4 aromatic rings. The average molecular weight is 768 g/mol. The highest BCUT2D eigenvalue weighted by Gasteiger charge is 2.76. The average Bonchev–Trinajstić information content (AvgIpc) is 3.52. The molecule has 0 bridgehead atoms. The van der Waals surface area contributed by atoms with Crippen LogP contribution in [0.15, 0.2) is 103 Å². The number of ether oxygens (including phenoxy) is 2. The number of methoxy groups -OCH3 is 2. The standard InChI is InChI=1S/C42H33Cl2FN2O7/c1-53-30-17-20-34(54-2)25(21-30)6-3-23-4-11-27(12-5-23)46-37(49)32-19-18-31-33(35(32)38(46)50)22-41(43)39(51)47(28-13-9-26(45)10-14-28)40(52)42(41,44)36(31)24-7-15-29(48)16-8-24/h3-18,20-21,32-33,35-36,48H,19,22H2,1-2H3/t32-,33+,35-,36-,41+,42-/m0/s1. The van der Waals surface area contributed by atoms with Crippen molar-refractivity contribution in [2.45, 2.75) is 28.5 Å². The van der Waals surface area contributed by atoms with Crippen LogP contribution >= 0.6 is 23.2 Å². The van der Waals surface area contributed by atoms with Gasteiger partial charge in [-0.25, -0.2) is 9.29 Å². The predicted molar refractivity (Wildman–Crippen MR) is 202 cm³/mol. The first kappa shape index (κ1) is 35.6. The van der Waals surface area contributed by atoms with Gasteiger partial charge in [0.15, 0.2) is 9.75 Å². The third kappa shape index (κ3) is 5.26. The minimum atomic E-state index is -2.06. The molecule has 2 aliphatic carbocycles. The number of anilines is 2. The van der Waals surface area contributed by atoms with Crippen molar-refractivity contribution in [3.63, 3.8) is 0 Å². The number of carbonyl (C=O) groups is 4. The Hall–Kier alpha value is -5.45. The lowest BCUT2D eigenvalue weighted by molar-refractivity contribution is -0.125. The molecule has 4 aromatic carbocycles. The number of carbonyl (C=O) groups excluding carboxylic acids is 4. The maximum absolute atomic E-state index is 14.5. The highest BCUT2D eigenvalue weighted by Crippen LogP contribution is 2.66. The van der Waals surface area contributed by atoms with Gasteiger partial charge in [0.2, 0.25) is 11.8 Å². The molecule has 9 nitrogen and oxygen atoms in total. The minimum Gasteiger partial charge on any atom is -0.508 e. The number of halogens is 3. The summed E-state index contributed by atoms with van der Waals surface area (Å²) in [5, 5.41) is 10.1. The van der Waals surface area contributed by atoms with Gasteiger partial charge in [-0.3, -0.25) is 24.1 Å². The lowest BCUT2D eigenvalue weighted by Crippen LogP contribution is -2.60. The molecule has 6 atom stereocenters. The smallest absolute Gasteiger partial charge is 0.258 e. The Balaban J connectivity index is 1.14. The number of fused-ring (bicyclic) bond motifs is 4. The molecule has 0 radical (unpaired) electrons. The molecule has 2 aliphatic heterocycles. The summed E-state index contributed by atoms with van der Waals surface area (Å²) < 4.78 is 24.7. The molecule has 8 rings (SSSR count). The Bertz CT molecular complexity index is 2280. The lowest BCUT2D eigenvalue weighted by Gasteiger charge is -2.50. The number of phenols is 1. The quantitative estimate of drug-likeness (QED) is 0.0898. The number of benzene rings is 4. The number of hydrogen-bond acceptors (Lipinski definition) is 7. The molecular formula is C42H33Cl2FN2O7. The highest BCUT2D eigenvalue weighted by molar-refractivity contribution is 6.58. The van der Waals surface area contributed by atoms with Crippen molar-refractivity contribution in [1.29, 1.82) is 0 Å². The summed E-state index contributed by atoms with van der Waals surface area (Å²) in [6.45, 7) is 0. The number of alkyl halides is 2. The molecule has 1 saturated carbocycles. The highest BCUT2D eigenvalue weighted by atomic mass is 35.5. The maximum atomic E-state index is 14.5. The van der Waals surface area contributed by atoms with Crippen LogP contribution in [0.5, 0.6) is 17.2 Å². The molecule has 4 amide bonds. The Kier molecular flexibility index (Phi) is 8.66. The minimum absolute atomic E-state index is 0.0277. The van der Waals surface area contributed by atoms with Gasteiger partial charge in [0.25, 0.3) is 11.8 Å². The zero-order valence-electron chi connectivity index (χ0n) is 29.0. The Labute approximate surface area is 320 Å². The van der Waals surface area contributed by atoms with E-state index < -0.39 is 57.0 Å². The Morgan fingerprint density at radius 2 is 1.44 bits per heavy atom. The van der Waals surface area contributed by atoms with Gasteiger partial charge < -0.3 is 14.6 Å². The number of rotatable bonds is 7. The lowest BCUT2D eigenvalue weighted by atomic mass is 9.56. The van der Waals surface area contributed by atoms with Gasteiger partial charge in [-0.2, -0.15) is 0 Å². The van der Waals surface area contributed by atoms with E-state index in [1.54, 1.807) is 56.7 Å². The number of imide groups is 2. The summed E-state index contributed by atoms with van der Waals surface area (Å²) in [4.78, 5) is 55.4. The molecular weight excluding hydrogens is 734 g/mol. The zero-order chi connectivity index (χ0) is 38.1. The molecule has 0 aromatic heterocycles. The van der Waals surface area contributed by atoms with E-state index in [2.05, 4.69) is 0 Å². The van der Waals surface area contributed by atoms with Crippen molar-refractivity contribution in [3.8, 4) is 17.2 Å². The van der Waals surface area contributed by atoms with Crippen molar-refractivity contribution < 1.29 is 38.1 Å². The molecule has 274 valence electrons. The second kappa shape index (κ2) is 13.1. The van der Waals surface area contributed by atoms with Gasteiger partial charge >= 0.3 is 0 Å². The summed E-state index contributed by atoms with van der Waals surface area (Å²) in [5.74, 6) is -5.03. The number of phenolic OH excluding ortho intramolecular Hbond substituents is 1. The van der Waals surface area contributed by atoms with Gasteiger partial charge in [-0.05, 0) is 96.6 Å². The van der Waals surface area contributed by atoms with Gasteiger partial charge in [0, 0.05) is 11.5 Å². The summed E-state index contributed by atoms with van der Waals surface area (Å²) in [7, 11) is 3.17. The van der Waals surface area contributed by atoms with Gasteiger partial charge in [0.05, 0.1) is 37.4 Å². The van der Waals surface area contributed by atoms with Crippen molar-refractivity contribution in [2.75, 3.05) is 24.0 Å². The van der Waals surface area contributed by atoms with Gasteiger partial charge in [0.1, 0.15) is 23.1 Å². The van der Waals surface area contributed by atoms with Crippen LogP contribution in [0.2, 0.25) is 0 Å². The van der Waals surface area contributed by atoms with E-state index in [1.165, 1.54) is 29.2 Å². The van der Waals surface area contributed by atoms with Crippen molar-refractivity contribution in [2.24, 2.45) is 17.8 Å². The first-order valence-corrected chi connectivity index (χ1v) is 18.1. The Morgan fingerprint density at radius 3 is 2.11 bits per heavy atom. The second-order valence-electron chi connectivity index (χ2n) is 13.9. The van der Waals surface area contributed by atoms with E-state index in [4.69, 9.17) is 32.7 Å². The van der Waals surface area contributed by atoms with Crippen LogP contribution in [-0.4, -0.2) is 52.7 Å². The van der Waals surface area contributed by atoms with E-state index in [0.717, 1.165) is 28.2 Å². The molecule has 0 unspecified atom stereocenters. The van der Waals surface area contributed by atoms with Gasteiger partial charge in [-0.15, -0.1) is 23.2 Å². The fraction of sp³-hybridized carbons (Fsp3) is 0.238. The van der Waals surface area contributed by atoms with Crippen LogP contribution in [0.3, 0.4) is 0 Å². The van der Waals surface area contributed by atoms with Crippen LogP contribution in [-0.2, 0) is 19.2 Å². The number of aromatic hydroxyl groups is 1. The van der Waals surface area contributed by atoms with Crippen molar-refractivity contribution >= 4 is 70.4 Å². The van der Waals surface area contributed by atoms with E-state index in [1.807, 2.05) is 30.4 Å². The van der Waals surface area contributed by atoms with Crippen LogP contribution < -0.4 is 19.3 Å². The van der Waals surface area contributed by atoms with Gasteiger partial charge in [-0.1, -0.05) is 48.1 Å². The van der Waals surface area contributed by atoms with E-state index in [0.29, 0.717) is 28.3 Å². The monoisotopic (exact) mass is 766 g/mol. The normalized spacial score (nSPS) is 27.5. The molecule has 2 saturated heterocycles. The van der Waals surface area contributed by atoms with Crippen molar-refractivity contribution in [1.82, 2.24) is 0 Å². The number of hydrogen-bond donors (Lipinski definition) is 1. The first-order chi connectivity index (χ1) is 25.9. The fourth-order valence-corrected chi connectivity index (χ4v) is 9.52. The molecule has 4 aliphatic rings.